The Morgan fingerprint density at radius 3 is 2.12 bits per heavy atom. The van der Waals surface area contributed by atoms with Gasteiger partial charge >= 0.3 is 12.1 Å². The number of rotatable bonds is 9. The van der Waals surface area contributed by atoms with Crippen molar-refractivity contribution in [3.63, 3.8) is 0 Å². The van der Waals surface area contributed by atoms with Crippen LogP contribution < -0.4 is 10.6 Å². The van der Waals surface area contributed by atoms with Gasteiger partial charge in [0.15, 0.2) is 0 Å². The molecule has 0 aliphatic heterocycles. The van der Waals surface area contributed by atoms with Crippen LogP contribution in [0.4, 0.5) is 13.6 Å². The van der Waals surface area contributed by atoms with Gasteiger partial charge in [-0.15, -0.1) is 0 Å². The summed E-state index contributed by atoms with van der Waals surface area (Å²) in [5.41, 5.74) is 3.35. The van der Waals surface area contributed by atoms with E-state index in [0.717, 1.165) is 22.3 Å². The Kier molecular flexibility index (Phi) is 6.31. The molecule has 2 aliphatic carbocycles. The Bertz CT molecular complexity index is 1020. The number of benzene rings is 2. The van der Waals surface area contributed by atoms with Crippen LogP contribution in [-0.2, 0) is 14.3 Å². The fraction of sp³-hybridized carbons (Fsp3) is 0.375. The Hall–Kier alpha value is -3.49. The zero-order valence-corrected chi connectivity index (χ0v) is 17.7. The third-order valence-corrected chi connectivity index (χ3v) is 6.27. The quantitative estimate of drug-likeness (QED) is 0.533. The summed E-state index contributed by atoms with van der Waals surface area (Å²) in [5.74, 6) is -2.29. The lowest BCUT2D eigenvalue weighted by molar-refractivity contribution is -0.143. The van der Waals surface area contributed by atoms with Gasteiger partial charge in [0.25, 0.3) is 0 Å². The third kappa shape index (κ3) is 4.81. The average molecular weight is 458 g/mol. The third-order valence-electron chi connectivity index (χ3n) is 6.27. The van der Waals surface area contributed by atoms with E-state index in [2.05, 4.69) is 10.6 Å². The van der Waals surface area contributed by atoms with E-state index in [1.54, 1.807) is 0 Å². The molecule has 2 amide bonds. The molecular weight excluding hydrogens is 434 g/mol. The lowest BCUT2D eigenvalue weighted by Gasteiger charge is -2.20. The fourth-order valence-corrected chi connectivity index (χ4v) is 4.24. The Labute approximate surface area is 189 Å². The summed E-state index contributed by atoms with van der Waals surface area (Å²) in [4.78, 5) is 35.9. The summed E-state index contributed by atoms with van der Waals surface area (Å²) in [6, 6.07) is 14.2. The minimum atomic E-state index is -2.86. The Balaban J connectivity index is 1.32. The van der Waals surface area contributed by atoms with Crippen molar-refractivity contribution < 1.29 is 33.0 Å². The second-order valence-corrected chi connectivity index (χ2v) is 8.45. The second-order valence-electron chi connectivity index (χ2n) is 8.45. The summed E-state index contributed by atoms with van der Waals surface area (Å²) < 4.78 is 30.6. The Morgan fingerprint density at radius 2 is 1.61 bits per heavy atom. The molecule has 4 rings (SSSR count). The zero-order chi connectivity index (χ0) is 23.6. The van der Waals surface area contributed by atoms with Crippen molar-refractivity contribution in [2.24, 2.45) is 5.41 Å². The van der Waals surface area contributed by atoms with E-state index in [1.807, 2.05) is 48.5 Å². The molecule has 0 spiro atoms. The highest BCUT2D eigenvalue weighted by Gasteiger charge is 2.51. The van der Waals surface area contributed by atoms with Gasteiger partial charge in [0, 0.05) is 18.9 Å². The van der Waals surface area contributed by atoms with Crippen LogP contribution in [0.15, 0.2) is 48.5 Å². The number of carboxylic acid groups (broad SMARTS) is 1. The first kappa shape index (κ1) is 22.7. The summed E-state index contributed by atoms with van der Waals surface area (Å²) in [5, 5.41) is 13.8. The van der Waals surface area contributed by atoms with Crippen molar-refractivity contribution in [1.29, 1.82) is 0 Å². The molecule has 3 N–H and O–H groups in total. The SMILES string of the molecule is O=C(NCC1(C(=O)NC(CC(F)F)C(=O)O)CC1)OCC1c2ccccc2-c2ccccc21. The van der Waals surface area contributed by atoms with Gasteiger partial charge in [-0.3, -0.25) is 4.79 Å². The van der Waals surface area contributed by atoms with Gasteiger partial charge in [0.2, 0.25) is 12.3 Å². The van der Waals surface area contributed by atoms with Crippen LogP contribution >= 0.6 is 0 Å². The monoisotopic (exact) mass is 458 g/mol. The molecule has 0 aromatic heterocycles. The predicted molar refractivity (Wildman–Crippen MR) is 115 cm³/mol. The summed E-state index contributed by atoms with van der Waals surface area (Å²) >= 11 is 0. The van der Waals surface area contributed by atoms with Gasteiger partial charge in [-0.2, -0.15) is 0 Å². The number of alkyl carbamates (subject to hydrolysis) is 1. The van der Waals surface area contributed by atoms with E-state index in [4.69, 9.17) is 9.84 Å². The molecule has 1 fully saturated rings. The highest BCUT2D eigenvalue weighted by molar-refractivity contribution is 5.90. The molecule has 2 aliphatic rings. The van der Waals surface area contributed by atoms with Crippen LogP contribution in [0.5, 0.6) is 0 Å². The van der Waals surface area contributed by atoms with Crippen LogP contribution in [-0.4, -0.2) is 48.7 Å². The molecular formula is C24H24F2N2O5. The number of hydrogen-bond donors (Lipinski definition) is 3. The standard InChI is InChI=1S/C24H24F2N2O5/c25-20(26)11-19(21(29)30)28-22(31)24(9-10-24)13-27-23(32)33-12-18-16-7-3-1-5-14(16)15-6-2-4-8-17(15)18/h1-8,18-20H,9-13H2,(H,27,32)(H,28,31)(H,29,30). The van der Waals surface area contributed by atoms with Crippen molar-refractivity contribution >= 4 is 18.0 Å². The van der Waals surface area contributed by atoms with Crippen molar-refractivity contribution in [3.05, 3.63) is 59.7 Å². The topological polar surface area (TPSA) is 105 Å². The zero-order valence-electron chi connectivity index (χ0n) is 17.7. The predicted octanol–water partition coefficient (Wildman–Crippen LogP) is 3.53. The van der Waals surface area contributed by atoms with E-state index < -0.39 is 42.3 Å². The van der Waals surface area contributed by atoms with Crippen LogP contribution in [0.3, 0.4) is 0 Å². The van der Waals surface area contributed by atoms with Gasteiger partial charge < -0.3 is 20.5 Å². The molecule has 0 radical (unpaired) electrons. The molecule has 2 aromatic carbocycles. The number of nitrogens with one attached hydrogen (secondary N) is 2. The Morgan fingerprint density at radius 1 is 1.03 bits per heavy atom. The fourth-order valence-electron chi connectivity index (χ4n) is 4.24. The summed E-state index contributed by atoms with van der Waals surface area (Å²) in [6.45, 7) is 0.0606. The molecule has 9 heteroatoms. The van der Waals surface area contributed by atoms with Crippen molar-refractivity contribution in [2.75, 3.05) is 13.2 Å². The number of hydrogen-bond acceptors (Lipinski definition) is 4. The number of amides is 2. The smallest absolute Gasteiger partial charge is 0.407 e. The molecule has 174 valence electrons. The second kappa shape index (κ2) is 9.17. The average Bonchev–Trinajstić information content (AvgIpc) is 3.52. The number of carboxylic acids is 1. The molecule has 0 saturated heterocycles. The number of fused-ring (bicyclic) bond motifs is 3. The lowest BCUT2D eigenvalue weighted by Crippen LogP contribution is -2.48. The number of aliphatic carboxylic acids is 1. The van der Waals surface area contributed by atoms with Crippen LogP contribution in [0.1, 0.15) is 36.3 Å². The number of halogens is 2. The van der Waals surface area contributed by atoms with Crippen molar-refractivity contribution in [3.8, 4) is 11.1 Å². The van der Waals surface area contributed by atoms with Crippen molar-refractivity contribution in [1.82, 2.24) is 10.6 Å². The maximum atomic E-state index is 12.6. The molecule has 7 nitrogen and oxygen atoms in total. The van der Waals surface area contributed by atoms with E-state index in [0.29, 0.717) is 12.8 Å². The molecule has 1 saturated carbocycles. The summed E-state index contributed by atoms with van der Waals surface area (Å²) in [7, 11) is 0. The van der Waals surface area contributed by atoms with Crippen molar-refractivity contribution in [2.45, 2.75) is 37.6 Å². The van der Waals surface area contributed by atoms with E-state index >= 15 is 0 Å². The number of carbonyl (C=O) groups excluding carboxylic acids is 2. The molecule has 0 bridgehead atoms. The largest absolute Gasteiger partial charge is 0.480 e. The number of ether oxygens (including phenoxy) is 1. The number of carbonyl (C=O) groups is 3. The highest BCUT2D eigenvalue weighted by Crippen LogP contribution is 2.46. The first-order chi connectivity index (χ1) is 15.8. The molecule has 1 atom stereocenters. The van der Waals surface area contributed by atoms with Gasteiger partial charge in [0.1, 0.15) is 12.6 Å². The van der Waals surface area contributed by atoms with Gasteiger partial charge in [-0.1, -0.05) is 48.5 Å². The van der Waals surface area contributed by atoms with Crippen LogP contribution in [0.2, 0.25) is 0 Å². The molecule has 2 aromatic rings. The maximum Gasteiger partial charge on any atom is 0.407 e. The van der Waals surface area contributed by atoms with Gasteiger partial charge in [-0.25, -0.2) is 18.4 Å². The van der Waals surface area contributed by atoms with Crippen LogP contribution in [0.25, 0.3) is 11.1 Å². The van der Waals surface area contributed by atoms with E-state index in [1.165, 1.54) is 0 Å². The maximum absolute atomic E-state index is 12.6. The molecule has 33 heavy (non-hydrogen) atoms. The van der Waals surface area contributed by atoms with E-state index in [-0.39, 0.29) is 19.1 Å². The highest BCUT2D eigenvalue weighted by atomic mass is 19.3. The normalized spacial score (nSPS) is 16.5. The summed E-state index contributed by atoms with van der Waals surface area (Å²) in [6.07, 6.45) is -3.69. The molecule has 0 heterocycles. The molecule has 1 unspecified atom stereocenters. The van der Waals surface area contributed by atoms with Gasteiger partial charge in [0.05, 0.1) is 5.41 Å². The van der Waals surface area contributed by atoms with E-state index in [9.17, 15) is 23.2 Å². The minimum Gasteiger partial charge on any atom is -0.480 e. The minimum absolute atomic E-state index is 0.0590. The first-order valence-corrected chi connectivity index (χ1v) is 10.7. The lowest BCUT2D eigenvalue weighted by atomic mass is 9.98. The first-order valence-electron chi connectivity index (χ1n) is 10.7. The van der Waals surface area contributed by atoms with Gasteiger partial charge in [-0.05, 0) is 35.1 Å². The van der Waals surface area contributed by atoms with Crippen LogP contribution in [0, 0.1) is 5.41 Å². The number of alkyl halides is 2.